The molecule has 0 atom stereocenters. The first-order valence-electron chi connectivity index (χ1n) is 8.20. The van der Waals surface area contributed by atoms with Crippen molar-refractivity contribution in [3.8, 4) is 11.1 Å². The van der Waals surface area contributed by atoms with E-state index in [9.17, 15) is 8.78 Å². The average molecular weight is 366 g/mol. The topological polar surface area (TPSA) is 78.6 Å². The van der Waals surface area contributed by atoms with Gasteiger partial charge in [-0.25, -0.2) is 24.3 Å². The molecule has 0 bridgehead atoms. The number of benzene rings is 2. The third-order valence-electron chi connectivity index (χ3n) is 4.25. The first kappa shape index (κ1) is 16.9. The van der Waals surface area contributed by atoms with Crippen LogP contribution in [0.1, 0.15) is 11.1 Å². The largest absolute Gasteiger partial charge is 0.383 e. The predicted molar refractivity (Wildman–Crippen MR) is 100 cm³/mol. The number of pyridine rings is 1. The molecule has 1 aromatic heterocycles. The Morgan fingerprint density at radius 2 is 1.81 bits per heavy atom. The highest BCUT2D eigenvalue weighted by Crippen LogP contribution is 2.27. The van der Waals surface area contributed by atoms with Crippen molar-refractivity contribution in [1.82, 2.24) is 16.1 Å². The fraction of sp³-hybridized carbons (Fsp3) is 0.0526. The number of nitrogens with one attached hydrogen (secondary N) is 2. The normalized spacial score (nSPS) is 13.4. The minimum atomic E-state index is -0.998. The Labute approximate surface area is 154 Å². The summed E-state index contributed by atoms with van der Waals surface area (Å²) in [4.78, 5) is 4.24. The second-order valence-corrected chi connectivity index (χ2v) is 6.09. The van der Waals surface area contributed by atoms with Gasteiger partial charge < -0.3 is 5.73 Å². The first-order valence-corrected chi connectivity index (χ1v) is 8.20. The van der Waals surface area contributed by atoms with Crippen LogP contribution < -0.4 is 21.8 Å². The number of rotatable bonds is 3. The fourth-order valence-electron chi connectivity index (χ4n) is 2.81. The number of nitrogens with zero attached hydrogens (tertiary/aromatic N) is 3. The maximum Gasteiger partial charge on any atom is 0.184 e. The van der Waals surface area contributed by atoms with Gasteiger partial charge in [0.2, 0.25) is 0 Å². The molecule has 0 saturated carbocycles. The molecule has 8 heteroatoms. The zero-order valence-electron chi connectivity index (χ0n) is 14.4. The summed E-state index contributed by atoms with van der Waals surface area (Å²) in [6, 6.07) is 13.6. The second kappa shape index (κ2) is 6.65. The number of halogens is 2. The van der Waals surface area contributed by atoms with Crippen LogP contribution in [0.15, 0.2) is 59.8 Å². The number of hydrogen-bond donors (Lipinski definition) is 3. The number of hydrazone groups is 1. The molecule has 4 N–H and O–H groups in total. The first-order chi connectivity index (χ1) is 13.0. The van der Waals surface area contributed by atoms with Crippen LogP contribution in [-0.2, 0) is 0 Å². The standard InChI is InChI=1S/C19H16F2N6/c1-11-5-7-12(8-6-11)13-9-14(18(22)23-10-13)19-24-25-26-27(19)16-4-2-3-15(20)17(16)21/h2-10,25-26H,1H3,(H2,22,23). The molecule has 4 rings (SSSR count). The summed E-state index contributed by atoms with van der Waals surface area (Å²) in [5.41, 5.74) is 14.6. The third-order valence-corrected chi connectivity index (χ3v) is 4.25. The molecule has 6 nitrogen and oxygen atoms in total. The van der Waals surface area contributed by atoms with E-state index in [1.54, 1.807) is 6.20 Å². The molecule has 3 aromatic rings. The molecular formula is C19H16F2N6. The highest BCUT2D eigenvalue weighted by Gasteiger charge is 2.26. The molecule has 0 spiro atoms. The lowest BCUT2D eigenvalue weighted by Gasteiger charge is -2.20. The SMILES string of the molecule is Cc1ccc(-c2cnc(N)c(C3=NNNN3c3cccc(F)c3F)c2)cc1. The molecule has 136 valence electrons. The van der Waals surface area contributed by atoms with Gasteiger partial charge in [0.1, 0.15) is 11.5 Å². The summed E-state index contributed by atoms with van der Waals surface area (Å²) >= 11 is 0. The van der Waals surface area contributed by atoms with Crippen molar-refractivity contribution in [2.24, 2.45) is 5.10 Å². The highest BCUT2D eigenvalue weighted by atomic mass is 19.2. The number of nitrogen functional groups attached to an aromatic ring is 1. The molecule has 0 aliphatic carbocycles. The molecule has 0 radical (unpaired) electrons. The molecule has 0 unspecified atom stereocenters. The van der Waals surface area contributed by atoms with Crippen LogP contribution in [-0.4, -0.2) is 10.8 Å². The summed E-state index contributed by atoms with van der Waals surface area (Å²) < 4.78 is 27.9. The number of nitrogens with two attached hydrogens (primary N) is 1. The molecule has 27 heavy (non-hydrogen) atoms. The number of aromatic nitrogens is 1. The lowest BCUT2D eigenvalue weighted by Crippen LogP contribution is -2.42. The van der Waals surface area contributed by atoms with Gasteiger partial charge in [0, 0.05) is 11.8 Å². The van der Waals surface area contributed by atoms with E-state index in [0.717, 1.165) is 22.8 Å². The van der Waals surface area contributed by atoms with E-state index in [1.807, 2.05) is 37.3 Å². The minimum Gasteiger partial charge on any atom is -0.383 e. The molecule has 2 heterocycles. The molecule has 0 fully saturated rings. The number of aryl methyl sites for hydroxylation is 1. The van der Waals surface area contributed by atoms with Gasteiger partial charge in [-0.15, -0.1) is 10.6 Å². The van der Waals surface area contributed by atoms with Crippen molar-refractivity contribution in [2.75, 3.05) is 10.7 Å². The zero-order chi connectivity index (χ0) is 19.0. The average Bonchev–Trinajstić information content (AvgIpc) is 3.14. The predicted octanol–water partition coefficient (Wildman–Crippen LogP) is 3.11. The van der Waals surface area contributed by atoms with Crippen LogP contribution >= 0.6 is 0 Å². The summed E-state index contributed by atoms with van der Waals surface area (Å²) in [5, 5.41) is 5.40. The maximum atomic E-state index is 14.2. The monoisotopic (exact) mass is 366 g/mol. The Kier molecular flexibility index (Phi) is 4.17. The highest BCUT2D eigenvalue weighted by molar-refractivity contribution is 6.13. The molecule has 0 saturated heterocycles. The van der Waals surface area contributed by atoms with E-state index in [1.165, 1.54) is 17.1 Å². The Morgan fingerprint density at radius 3 is 2.59 bits per heavy atom. The summed E-state index contributed by atoms with van der Waals surface area (Å²) in [6.07, 6.45) is 1.66. The van der Waals surface area contributed by atoms with Crippen molar-refractivity contribution < 1.29 is 8.78 Å². The minimum absolute atomic E-state index is 0.0288. The lowest BCUT2D eigenvalue weighted by atomic mass is 10.0. The van der Waals surface area contributed by atoms with Crippen LogP contribution in [0.3, 0.4) is 0 Å². The summed E-state index contributed by atoms with van der Waals surface area (Å²) in [5.74, 6) is -1.46. The van der Waals surface area contributed by atoms with E-state index in [4.69, 9.17) is 5.73 Å². The Bertz CT molecular complexity index is 1030. The summed E-state index contributed by atoms with van der Waals surface area (Å²) in [6.45, 7) is 2.01. The van der Waals surface area contributed by atoms with Crippen molar-refractivity contribution in [3.63, 3.8) is 0 Å². The van der Waals surface area contributed by atoms with Crippen LogP contribution in [0.5, 0.6) is 0 Å². The van der Waals surface area contributed by atoms with Crippen LogP contribution in [0.25, 0.3) is 11.1 Å². The number of anilines is 2. The number of hydrazine groups is 2. The molecule has 0 amide bonds. The van der Waals surface area contributed by atoms with Gasteiger partial charge in [0.15, 0.2) is 17.5 Å². The quantitative estimate of drug-likeness (QED) is 0.664. The van der Waals surface area contributed by atoms with Gasteiger partial charge in [-0.05, 0) is 30.7 Å². The van der Waals surface area contributed by atoms with E-state index in [2.05, 4.69) is 21.2 Å². The Balaban J connectivity index is 1.77. The zero-order valence-corrected chi connectivity index (χ0v) is 14.4. The number of hydrogen-bond acceptors (Lipinski definition) is 6. The van der Waals surface area contributed by atoms with Crippen molar-refractivity contribution in [1.29, 1.82) is 0 Å². The second-order valence-electron chi connectivity index (χ2n) is 6.09. The van der Waals surface area contributed by atoms with Gasteiger partial charge >= 0.3 is 0 Å². The Morgan fingerprint density at radius 1 is 1.04 bits per heavy atom. The van der Waals surface area contributed by atoms with E-state index in [0.29, 0.717) is 5.56 Å². The number of amidine groups is 1. The lowest BCUT2D eigenvalue weighted by molar-refractivity contribution is 0.504. The Hall–Kier alpha value is -3.52. The van der Waals surface area contributed by atoms with Gasteiger partial charge in [-0.3, -0.25) is 0 Å². The van der Waals surface area contributed by atoms with E-state index in [-0.39, 0.29) is 17.3 Å². The van der Waals surface area contributed by atoms with Crippen LogP contribution in [0.2, 0.25) is 0 Å². The van der Waals surface area contributed by atoms with E-state index < -0.39 is 11.6 Å². The van der Waals surface area contributed by atoms with Gasteiger partial charge in [0.05, 0.1) is 5.56 Å². The van der Waals surface area contributed by atoms with Crippen molar-refractivity contribution >= 4 is 17.3 Å². The molecule has 2 aromatic carbocycles. The van der Waals surface area contributed by atoms with Crippen molar-refractivity contribution in [3.05, 3.63) is 77.5 Å². The smallest absolute Gasteiger partial charge is 0.184 e. The van der Waals surface area contributed by atoms with Crippen LogP contribution in [0.4, 0.5) is 20.3 Å². The van der Waals surface area contributed by atoms with Gasteiger partial charge in [-0.1, -0.05) is 35.9 Å². The third kappa shape index (κ3) is 3.06. The van der Waals surface area contributed by atoms with E-state index >= 15 is 0 Å². The van der Waals surface area contributed by atoms with Crippen LogP contribution in [0, 0.1) is 18.6 Å². The fourth-order valence-corrected chi connectivity index (χ4v) is 2.81. The van der Waals surface area contributed by atoms with Gasteiger partial charge in [-0.2, -0.15) is 0 Å². The maximum absolute atomic E-state index is 14.2. The molecule has 1 aliphatic heterocycles. The summed E-state index contributed by atoms with van der Waals surface area (Å²) in [7, 11) is 0. The molecular weight excluding hydrogens is 350 g/mol. The van der Waals surface area contributed by atoms with Gasteiger partial charge in [0.25, 0.3) is 0 Å². The molecule has 1 aliphatic rings. The van der Waals surface area contributed by atoms with Crippen molar-refractivity contribution in [2.45, 2.75) is 6.92 Å².